The van der Waals surface area contributed by atoms with Crippen LogP contribution in [0.2, 0.25) is 0 Å². The van der Waals surface area contributed by atoms with E-state index in [0.29, 0.717) is 19.2 Å². The molecule has 9 heteroatoms. The molecule has 0 saturated carbocycles. The third kappa shape index (κ3) is 3.66. The number of alkyl halides is 4. The van der Waals surface area contributed by atoms with Gasteiger partial charge >= 0.3 is 0 Å². The first kappa shape index (κ1) is 18.6. The SMILES string of the molecule is Cc1nn(CC(=O)N2CCCCCC2)c2nc(C(F)F)cc(C(F)F)c12. The second-order valence-electron chi connectivity index (χ2n) is 6.47. The van der Waals surface area contributed by atoms with Crippen molar-refractivity contribution in [2.45, 2.75) is 52.0 Å². The Bertz CT molecular complexity index is 798. The normalized spacial score (nSPS) is 15.9. The van der Waals surface area contributed by atoms with Gasteiger partial charge in [0.25, 0.3) is 12.9 Å². The van der Waals surface area contributed by atoms with Crippen molar-refractivity contribution in [2.24, 2.45) is 0 Å². The number of nitrogens with zero attached hydrogens (tertiary/aromatic N) is 4. The van der Waals surface area contributed by atoms with Crippen LogP contribution in [0, 0.1) is 6.92 Å². The largest absolute Gasteiger partial charge is 0.341 e. The highest BCUT2D eigenvalue weighted by Crippen LogP contribution is 2.32. The summed E-state index contributed by atoms with van der Waals surface area (Å²) in [6.45, 7) is 2.57. The molecule has 1 saturated heterocycles. The van der Waals surface area contributed by atoms with E-state index in [2.05, 4.69) is 10.1 Å². The number of rotatable bonds is 4. The van der Waals surface area contributed by atoms with Gasteiger partial charge < -0.3 is 4.90 Å². The molecule has 1 amide bonds. The van der Waals surface area contributed by atoms with Crippen LogP contribution >= 0.6 is 0 Å². The molecule has 26 heavy (non-hydrogen) atoms. The summed E-state index contributed by atoms with van der Waals surface area (Å²) in [6, 6.07) is 0.716. The second-order valence-corrected chi connectivity index (χ2v) is 6.47. The summed E-state index contributed by atoms with van der Waals surface area (Å²) in [5.74, 6) is -0.209. The van der Waals surface area contributed by atoms with Gasteiger partial charge in [-0.05, 0) is 25.8 Å². The van der Waals surface area contributed by atoms with Gasteiger partial charge in [0.05, 0.1) is 11.1 Å². The van der Waals surface area contributed by atoms with E-state index in [9.17, 15) is 22.4 Å². The lowest BCUT2D eigenvalue weighted by atomic mass is 10.1. The van der Waals surface area contributed by atoms with Gasteiger partial charge in [0, 0.05) is 18.7 Å². The molecule has 2 aromatic heterocycles. The van der Waals surface area contributed by atoms with Crippen LogP contribution < -0.4 is 0 Å². The fourth-order valence-corrected chi connectivity index (χ4v) is 3.35. The minimum Gasteiger partial charge on any atom is -0.341 e. The minimum atomic E-state index is -2.98. The molecule has 0 bridgehead atoms. The van der Waals surface area contributed by atoms with Gasteiger partial charge in [-0.25, -0.2) is 27.2 Å². The molecule has 142 valence electrons. The van der Waals surface area contributed by atoms with Crippen LogP contribution in [0.5, 0.6) is 0 Å². The Hall–Kier alpha value is -2.19. The Morgan fingerprint density at radius 2 is 1.77 bits per heavy atom. The molecule has 0 spiro atoms. The molecule has 3 rings (SSSR count). The lowest BCUT2D eigenvalue weighted by molar-refractivity contribution is -0.131. The summed E-state index contributed by atoms with van der Waals surface area (Å²) in [5.41, 5.74) is -1.13. The number of carbonyl (C=O) groups is 1. The highest BCUT2D eigenvalue weighted by atomic mass is 19.3. The molecule has 0 aliphatic carbocycles. The Labute approximate surface area is 148 Å². The number of carbonyl (C=O) groups excluding carboxylic acids is 1. The number of halogens is 4. The Morgan fingerprint density at radius 1 is 1.12 bits per heavy atom. The Balaban J connectivity index is 1.99. The van der Waals surface area contributed by atoms with Crippen LogP contribution in [0.15, 0.2) is 6.07 Å². The number of pyridine rings is 1. The monoisotopic (exact) mass is 372 g/mol. The van der Waals surface area contributed by atoms with E-state index in [1.807, 2.05) is 0 Å². The van der Waals surface area contributed by atoms with Gasteiger partial charge in [0.15, 0.2) is 5.65 Å². The predicted octanol–water partition coefficient (Wildman–Crippen LogP) is 4.02. The number of fused-ring (bicyclic) bond motifs is 1. The van der Waals surface area contributed by atoms with Gasteiger partial charge in [-0.1, -0.05) is 12.8 Å². The highest BCUT2D eigenvalue weighted by Gasteiger charge is 2.25. The van der Waals surface area contributed by atoms with Crippen LogP contribution in [0.3, 0.4) is 0 Å². The zero-order chi connectivity index (χ0) is 18.8. The molecular formula is C17H20F4N4O. The smallest absolute Gasteiger partial charge is 0.280 e. The van der Waals surface area contributed by atoms with Crippen LogP contribution in [0.4, 0.5) is 17.6 Å². The summed E-state index contributed by atoms with van der Waals surface area (Å²) >= 11 is 0. The van der Waals surface area contributed by atoms with Crippen molar-refractivity contribution in [2.75, 3.05) is 13.1 Å². The van der Waals surface area contributed by atoms with Crippen molar-refractivity contribution in [3.8, 4) is 0 Å². The number of aryl methyl sites for hydroxylation is 1. The molecule has 1 aliphatic heterocycles. The average molecular weight is 372 g/mol. The summed E-state index contributed by atoms with van der Waals surface area (Å²) in [6.07, 6.45) is -1.98. The van der Waals surface area contributed by atoms with Crippen LogP contribution in [0.25, 0.3) is 11.0 Å². The minimum absolute atomic E-state index is 0.0352. The molecule has 0 N–H and O–H groups in total. The van der Waals surface area contributed by atoms with E-state index < -0.39 is 24.1 Å². The quantitative estimate of drug-likeness (QED) is 0.762. The van der Waals surface area contributed by atoms with Crippen LogP contribution in [0.1, 0.15) is 55.5 Å². The fraction of sp³-hybridized carbons (Fsp3) is 0.588. The maximum absolute atomic E-state index is 13.3. The molecular weight excluding hydrogens is 352 g/mol. The predicted molar refractivity (Wildman–Crippen MR) is 87.2 cm³/mol. The van der Waals surface area contributed by atoms with Crippen molar-refractivity contribution in [3.05, 3.63) is 23.0 Å². The topological polar surface area (TPSA) is 51.0 Å². The molecule has 1 fully saturated rings. The van der Waals surface area contributed by atoms with Gasteiger partial charge in [0.2, 0.25) is 5.91 Å². The second kappa shape index (κ2) is 7.59. The molecule has 0 radical (unpaired) electrons. The zero-order valence-electron chi connectivity index (χ0n) is 14.4. The maximum atomic E-state index is 13.3. The first-order valence-corrected chi connectivity index (χ1v) is 8.60. The molecule has 2 aromatic rings. The number of aromatic nitrogens is 3. The molecule has 0 unspecified atom stereocenters. The van der Waals surface area contributed by atoms with Crippen molar-refractivity contribution in [3.63, 3.8) is 0 Å². The highest BCUT2D eigenvalue weighted by molar-refractivity contribution is 5.84. The maximum Gasteiger partial charge on any atom is 0.280 e. The number of hydrogen-bond acceptors (Lipinski definition) is 3. The van der Waals surface area contributed by atoms with E-state index in [-0.39, 0.29) is 29.2 Å². The van der Waals surface area contributed by atoms with E-state index in [4.69, 9.17) is 0 Å². The summed E-state index contributed by atoms with van der Waals surface area (Å²) < 4.78 is 54.0. The van der Waals surface area contributed by atoms with Gasteiger partial charge in [-0.2, -0.15) is 5.10 Å². The van der Waals surface area contributed by atoms with Crippen molar-refractivity contribution in [1.29, 1.82) is 0 Å². The average Bonchev–Trinajstić information content (AvgIpc) is 2.79. The summed E-state index contributed by atoms with van der Waals surface area (Å²) in [7, 11) is 0. The van der Waals surface area contributed by atoms with E-state index in [1.54, 1.807) is 4.90 Å². The molecule has 0 atom stereocenters. The van der Waals surface area contributed by atoms with E-state index in [0.717, 1.165) is 30.4 Å². The molecule has 0 aromatic carbocycles. The number of amides is 1. The van der Waals surface area contributed by atoms with Crippen molar-refractivity contribution in [1.82, 2.24) is 19.7 Å². The first-order valence-electron chi connectivity index (χ1n) is 8.60. The first-order chi connectivity index (χ1) is 12.4. The Morgan fingerprint density at radius 3 is 2.35 bits per heavy atom. The summed E-state index contributed by atoms with van der Waals surface area (Å²) in [5, 5.41) is 4.16. The third-order valence-corrected chi connectivity index (χ3v) is 4.63. The van der Waals surface area contributed by atoms with Gasteiger partial charge in [-0.3, -0.25) is 4.79 Å². The standard InChI is InChI=1S/C17H20F4N4O/c1-10-14-11(15(18)19)8-12(16(20)21)22-17(14)25(23-10)9-13(26)24-6-4-2-3-5-7-24/h8,15-16H,2-7,9H2,1H3. The van der Waals surface area contributed by atoms with Crippen molar-refractivity contribution >= 4 is 16.9 Å². The van der Waals surface area contributed by atoms with Crippen LogP contribution in [-0.2, 0) is 11.3 Å². The van der Waals surface area contributed by atoms with E-state index >= 15 is 0 Å². The number of likely N-dealkylation sites (tertiary alicyclic amines) is 1. The Kier molecular flexibility index (Phi) is 5.43. The number of hydrogen-bond donors (Lipinski definition) is 0. The third-order valence-electron chi connectivity index (χ3n) is 4.63. The fourth-order valence-electron chi connectivity index (χ4n) is 3.35. The molecule has 1 aliphatic rings. The van der Waals surface area contributed by atoms with Gasteiger partial charge in [0.1, 0.15) is 12.2 Å². The molecule has 5 nitrogen and oxygen atoms in total. The van der Waals surface area contributed by atoms with Crippen LogP contribution in [-0.4, -0.2) is 38.7 Å². The summed E-state index contributed by atoms with van der Waals surface area (Å²) in [4.78, 5) is 18.1. The van der Waals surface area contributed by atoms with Gasteiger partial charge in [-0.15, -0.1) is 0 Å². The zero-order valence-corrected chi connectivity index (χ0v) is 14.4. The lowest BCUT2D eigenvalue weighted by Gasteiger charge is -2.20. The van der Waals surface area contributed by atoms with E-state index in [1.165, 1.54) is 6.92 Å². The van der Waals surface area contributed by atoms with Crippen molar-refractivity contribution < 1.29 is 22.4 Å². The lowest BCUT2D eigenvalue weighted by Crippen LogP contribution is -2.34. The molecule has 3 heterocycles.